The van der Waals surface area contributed by atoms with Crippen molar-refractivity contribution >= 4 is 72.7 Å². The van der Waals surface area contributed by atoms with Gasteiger partial charge in [0.1, 0.15) is 11.5 Å². The van der Waals surface area contributed by atoms with Gasteiger partial charge in [0.15, 0.2) is 23.3 Å². The lowest BCUT2D eigenvalue weighted by Crippen LogP contribution is -2.28. The van der Waals surface area contributed by atoms with Crippen LogP contribution in [0.3, 0.4) is 0 Å². The van der Waals surface area contributed by atoms with Crippen LogP contribution in [-0.2, 0) is 26.2 Å². The van der Waals surface area contributed by atoms with Crippen molar-refractivity contribution in [2.75, 3.05) is 19.0 Å². The number of amidine groups is 1. The van der Waals surface area contributed by atoms with Gasteiger partial charge in [-0.15, -0.1) is 5.10 Å². The van der Waals surface area contributed by atoms with Crippen molar-refractivity contribution in [3.63, 3.8) is 0 Å². The summed E-state index contributed by atoms with van der Waals surface area (Å²) in [5.74, 6) is 0.289. The number of amides is 2. The number of sulfonamides is 1. The molecule has 0 radical (unpaired) electrons. The number of phenolic OH excluding ortho intramolecular Hbond substituents is 1. The molecule has 0 bridgehead atoms. The van der Waals surface area contributed by atoms with Gasteiger partial charge in [-0.25, -0.2) is 13.6 Å². The van der Waals surface area contributed by atoms with Crippen molar-refractivity contribution in [2.45, 2.75) is 11.4 Å². The minimum absolute atomic E-state index is 0.0130. The number of nitrogens with one attached hydrogen (secondary N) is 1. The summed E-state index contributed by atoms with van der Waals surface area (Å²) < 4.78 is 40.1. The Morgan fingerprint density at radius 1 is 1.13 bits per heavy atom. The van der Waals surface area contributed by atoms with E-state index in [1.165, 1.54) is 54.8 Å². The number of phenols is 1. The molecular weight excluding hydrogens is 714 g/mol. The highest BCUT2D eigenvalue weighted by atomic mass is 79.9. The van der Waals surface area contributed by atoms with Crippen LogP contribution in [0.4, 0.5) is 5.69 Å². The summed E-state index contributed by atoms with van der Waals surface area (Å²) in [7, 11) is -2.42. The maximum absolute atomic E-state index is 13.6. The summed E-state index contributed by atoms with van der Waals surface area (Å²) in [6, 6.07) is 18.7. The molecule has 3 aromatic carbocycles. The van der Waals surface area contributed by atoms with Crippen LogP contribution in [0.2, 0.25) is 0 Å². The van der Waals surface area contributed by atoms with Gasteiger partial charge in [-0.2, -0.15) is 5.10 Å². The molecule has 2 amide bonds. The van der Waals surface area contributed by atoms with Gasteiger partial charge in [0.05, 0.1) is 35.9 Å². The van der Waals surface area contributed by atoms with Crippen LogP contribution in [0.15, 0.2) is 108 Å². The molecule has 4 N–H and O–H groups in total. The molecule has 1 fully saturated rings. The lowest BCUT2D eigenvalue weighted by molar-refractivity contribution is -0.122. The number of furan rings is 1. The van der Waals surface area contributed by atoms with Crippen LogP contribution in [0.25, 0.3) is 6.08 Å². The molecule has 13 nitrogen and oxygen atoms in total. The molecule has 16 heteroatoms. The highest BCUT2D eigenvalue weighted by Crippen LogP contribution is 2.36. The zero-order valence-corrected chi connectivity index (χ0v) is 27.7. The first-order valence-electron chi connectivity index (χ1n) is 13.6. The molecule has 0 aliphatic carbocycles. The summed E-state index contributed by atoms with van der Waals surface area (Å²) >= 11 is 4.54. The van der Waals surface area contributed by atoms with E-state index in [2.05, 4.69) is 31.4 Å². The lowest BCUT2D eigenvalue weighted by atomic mass is 10.2. The molecule has 1 aromatic heterocycles. The third-order valence-electron chi connectivity index (χ3n) is 6.42. The average Bonchev–Trinajstić information content (AvgIpc) is 3.65. The van der Waals surface area contributed by atoms with Crippen molar-refractivity contribution in [1.29, 1.82) is 0 Å². The first-order chi connectivity index (χ1) is 22.5. The molecular formula is C31H26BrN5O8S2. The number of nitrogens with zero attached hydrogens (tertiary/aromatic N) is 3. The summed E-state index contributed by atoms with van der Waals surface area (Å²) in [6.45, 7) is -0.262. The van der Waals surface area contributed by atoms with E-state index in [1.54, 1.807) is 48.5 Å². The average molecular weight is 741 g/mol. The van der Waals surface area contributed by atoms with Crippen LogP contribution in [0.5, 0.6) is 17.2 Å². The number of hydrogen-bond donors (Lipinski definition) is 3. The largest absolute Gasteiger partial charge is 0.504 e. The first kappa shape index (κ1) is 33.5. The second-order valence-corrected chi connectivity index (χ2v) is 13.2. The van der Waals surface area contributed by atoms with Crippen LogP contribution in [0, 0.1) is 0 Å². The Morgan fingerprint density at radius 3 is 2.62 bits per heavy atom. The van der Waals surface area contributed by atoms with Gasteiger partial charge in [-0.05, 0) is 96.2 Å². The number of anilines is 1. The van der Waals surface area contributed by atoms with E-state index in [9.17, 15) is 23.1 Å². The molecule has 47 heavy (non-hydrogen) atoms. The number of rotatable bonds is 11. The molecule has 1 aliphatic heterocycles. The number of hydrogen-bond acceptors (Lipinski definition) is 11. The lowest BCUT2D eigenvalue weighted by Gasteiger charge is -2.13. The predicted octanol–water partition coefficient (Wildman–Crippen LogP) is 4.93. The monoisotopic (exact) mass is 739 g/mol. The second kappa shape index (κ2) is 14.7. The van der Waals surface area contributed by atoms with Gasteiger partial charge < -0.3 is 24.3 Å². The van der Waals surface area contributed by atoms with Gasteiger partial charge >= 0.3 is 0 Å². The highest BCUT2D eigenvalue weighted by Gasteiger charge is 2.34. The van der Waals surface area contributed by atoms with Crippen molar-refractivity contribution in [2.24, 2.45) is 15.3 Å². The molecule has 5 rings (SSSR count). The zero-order valence-electron chi connectivity index (χ0n) is 24.5. The molecule has 0 unspecified atom stereocenters. The fourth-order valence-electron chi connectivity index (χ4n) is 4.17. The number of carbonyl (C=O) groups is 2. The Labute approximate surface area is 281 Å². The van der Waals surface area contributed by atoms with Crippen LogP contribution >= 0.6 is 27.7 Å². The Kier molecular flexibility index (Phi) is 10.5. The maximum atomic E-state index is 13.6. The number of thioether (sulfide) groups is 1. The van der Waals surface area contributed by atoms with Crippen LogP contribution in [-0.4, -0.2) is 55.3 Å². The third kappa shape index (κ3) is 8.68. The van der Waals surface area contributed by atoms with E-state index in [4.69, 9.17) is 19.0 Å². The molecule has 1 aliphatic rings. The Hall–Kier alpha value is -4.90. The van der Waals surface area contributed by atoms with E-state index in [-0.39, 0.29) is 35.5 Å². The van der Waals surface area contributed by atoms with Crippen molar-refractivity contribution in [3.8, 4) is 17.2 Å². The van der Waals surface area contributed by atoms with Gasteiger partial charge in [0.25, 0.3) is 11.8 Å². The Balaban J connectivity index is 1.35. The molecule has 4 aromatic rings. The van der Waals surface area contributed by atoms with Gasteiger partial charge in [-0.3, -0.25) is 14.5 Å². The summed E-state index contributed by atoms with van der Waals surface area (Å²) in [5.41, 5.74) is 1.49. The zero-order chi connectivity index (χ0) is 33.6. The molecule has 2 heterocycles. The Bertz CT molecular complexity index is 2000. The molecule has 242 valence electrons. The maximum Gasteiger partial charge on any atom is 0.267 e. The van der Waals surface area contributed by atoms with Gasteiger partial charge in [0.2, 0.25) is 10.0 Å². The molecule has 0 spiro atoms. The van der Waals surface area contributed by atoms with Gasteiger partial charge in [-0.1, -0.05) is 15.9 Å². The molecule has 0 saturated carbocycles. The first-order valence-corrected chi connectivity index (χ1v) is 16.7. The second-order valence-electron chi connectivity index (χ2n) is 9.73. The van der Waals surface area contributed by atoms with Gasteiger partial charge in [0, 0.05) is 15.7 Å². The number of nitrogens with two attached hydrogens (primary N) is 1. The fourth-order valence-corrected chi connectivity index (χ4v) is 5.99. The normalized spacial score (nSPS) is 15.1. The number of carbonyl (C=O) groups excluding carboxylic acids is 2. The summed E-state index contributed by atoms with van der Waals surface area (Å²) in [4.78, 5) is 27.9. The third-order valence-corrected chi connectivity index (χ3v) is 8.84. The van der Waals surface area contributed by atoms with E-state index in [0.29, 0.717) is 42.9 Å². The highest BCUT2D eigenvalue weighted by molar-refractivity contribution is 9.10. The van der Waals surface area contributed by atoms with Crippen molar-refractivity contribution < 1.29 is 37.0 Å². The van der Waals surface area contributed by atoms with E-state index < -0.39 is 15.9 Å². The van der Waals surface area contributed by atoms with Crippen molar-refractivity contribution in [1.82, 2.24) is 4.90 Å². The van der Waals surface area contributed by atoms with Crippen LogP contribution < -0.4 is 19.9 Å². The SMILES string of the molecule is COc1cc(/C=N\N=C2\S/C(=C\c3cc(Br)ccc3OCC(=O)Nc3ccc(S(N)(=O)=O)cc3)C(=O)N2Cc2ccco2)ccc1O. The molecule has 1 saturated heterocycles. The number of methoxy groups -OCH3 is 1. The smallest absolute Gasteiger partial charge is 0.267 e. The predicted molar refractivity (Wildman–Crippen MR) is 181 cm³/mol. The number of benzene rings is 3. The summed E-state index contributed by atoms with van der Waals surface area (Å²) in [6.07, 6.45) is 4.60. The number of aromatic hydroxyl groups is 1. The molecule has 0 atom stereocenters. The van der Waals surface area contributed by atoms with Crippen LogP contribution in [0.1, 0.15) is 16.9 Å². The van der Waals surface area contributed by atoms with E-state index in [1.807, 2.05) is 0 Å². The number of halogens is 1. The number of primary sulfonamides is 1. The topological polar surface area (TPSA) is 186 Å². The number of ether oxygens (including phenoxy) is 2. The Morgan fingerprint density at radius 2 is 1.91 bits per heavy atom. The quantitative estimate of drug-likeness (QED) is 0.109. The summed E-state index contributed by atoms with van der Waals surface area (Å²) in [5, 5.41) is 26.3. The van der Waals surface area contributed by atoms with E-state index in [0.717, 1.165) is 11.8 Å². The van der Waals surface area contributed by atoms with E-state index >= 15 is 0 Å². The van der Waals surface area contributed by atoms with Crippen molar-refractivity contribution in [3.05, 3.63) is 105 Å². The fraction of sp³-hybridized carbons (Fsp3) is 0.0968. The minimum Gasteiger partial charge on any atom is -0.504 e. The standard InChI is InChI=1S/C31H26BrN5O8S2/c1-43-27-13-19(4-10-25(27)38)16-34-36-31-37(17-23-3-2-12-44-23)30(40)28(46-31)15-20-14-21(32)5-11-26(20)45-18-29(39)35-22-6-8-24(9-7-22)47(33,41)42/h2-16,38H,17-18H2,1H3,(H,35,39)(H2,33,41,42)/b28-15-,34-16-,36-31+. The minimum atomic E-state index is -3.86.